The Labute approximate surface area is 70.2 Å². The van der Waals surface area contributed by atoms with Crippen molar-refractivity contribution >= 4 is 11.7 Å². The fraction of sp³-hybridized carbons (Fsp3) is 0.250. The first-order valence-corrected chi connectivity index (χ1v) is 3.53. The van der Waals surface area contributed by atoms with Crippen molar-refractivity contribution in [1.82, 2.24) is 9.55 Å². The Morgan fingerprint density at radius 1 is 1.75 bits per heavy atom. The van der Waals surface area contributed by atoms with Gasteiger partial charge in [-0.25, -0.2) is 4.98 Å². The summed E-state index contributed by atoms with van der Waals surface area (Å²) >= 11 is 0. The molecule has 0 saturated heterocycles. The van der Waals surface area contributed by atoms with Crippen molar-refractivity contribution < 1.29 is 9.90 Å². The van der Waals surface area contributed by atoms with Gasteiger partial charge in [0.15, 0.2) is 0 Å². The van der Waals surface area contributed by atoms with E-state index in [-0.39, 0.29) is 0 Å². The molecule has 0 fully saturated rings. The maximum Gasteiger partial charge on any atom is 0.312 e. The highest BCUT2D eigenvalue weighted by Crippen LogP contribution is 2.13. The molecule has 1 rings (SSSR count). The van der Waals surface area contributed by atoms with E-state index in [1.165, 1.54) is 6.33 Å². The summed E-state index contributed by atoms with van der Waals surface area (Å²) in [6.07, 6.45) is 4.78. The monoisotopic (exact) mass is 166 g/mol. The van der Waals surface area contributed by atoms with E-state index in [2.05, 4.69) is 11.6 Å². The third kappa shape index (κ3) is 1.53. The summed E-state index contributed by atoms with van der Waals surface area (Å²) in [4.78, 5) is 14.3. The highest BCUT2D eigenvalue weighted by atomic mass is 16.4. The Morgan fingerprint density at radius 3 is 2.83 bits per heavy atom. The molecule has 0 aliphatic rings. The molecule has 0 aliphatic carbocycles. The number of carbonyl (C=O) groups is 1. The fourth-order valence-electron chi connectivity index (χ4n) is 0.795. The van der Waals surface area contributed by atoms with E-state index in [0.29, 0.717) is 5.70 Å². The van der Waals surface area contributed by atoms with E-state index in [1.54, 1.807) is 23.9 Å². The van der Waals surface area contributed by atoms with Crippen LogP contribution in [0.1, 0.15) is 6.92 Å². The molecule has 4 heteroatoms. The highest BCUT2D eigenvalue weighted by Gasteiger charge is 2.15. The first-order valence-electron chi connectivity index (χ1n) is 3.53. The van der Waals surface area contributed by atoms with Crippen molar-refractivity contribution in [1.29, 1.82) is 0 Å². The van der Waals surface area contributed by atoms with Crippen LogP contribution in [0.2, 0.25) is 0 Å². The second-order valence-corrected chi connectivity index (χ2v) is 2.52. The number of aromatic nitrogens is 2. The first-order chi connectivity index (χ1) is 5.63. The molecule has 0 spiro atoms. The number of hydrogen-bond acceptors (Lipinski definition) is 2. The standard InChI is InChI=1S/C8H10N2O2/c1-6(8(11)12)7(2)10-4-3-9-5-10/h3-6H,2H2,1H3,(H,11,12). The van der Waals surface area contributed by atoms with Gasteiger partial charge < -0.3 is 9.67 Å². The van der Waals surface area contributed by atoms with Crippen LogP contribution in [0.5, 0.6) is 0 Å². The fourth-order valence-corrected chi connectivity index (χ4v) is 0.795. The summed E-state index contributed by atoms with van der Waals surface area (Å²) in [6.45, 7) is 5.25. The molecule has 1 atom stereocenters. The highest BCUT2D eigenvalue weighted by molar-refractivity contribution is 5.80. The minimum atomic E-state index is -0.881. The zero-order chi connectivity index (χ0) is 9.14. The molecule has 1 aromatic rings. The van der Waals surface area contributed by atoms with E-state index < -0.39 is 11.9 Å². The Hall–Kier alpha value is -1.58. The van der Waals surface area contributed by atoms with Crippen molar-refractivity contribution in [2.24, 2.45) is 5.92 Å². The van der Waals surface area contributed by atoms with Crippen LogP contribution in [0.15, 0.2) is 25.3 Å². The average Bonchev–Trinajstić information content (AvgIpc) is 2.53. The molecule has 12 heavy (non-hydrogen) atoms. The molecule has 1 heterocycles. The lowest BCUT2D eigenvalue weighted by molar-refractivity contribution is -0.139. The van der Waals surface area contributed by atoms with Gasteiger partial charge in [0.25, 0.3) is 0 Å². The minimum absolute atomic E-state index is 0.514. The summed E-state index contributed by atoms with van der Waals surface area (Å²) in [5.41, 5.74) is 0.514. The summed E-state index contributed by atoms with van der Waals surface area (Å²) < 4.78 is 1.60. The summed E-state index contributed by atoms with van der Waals surface area (Å²) in [5, 5.41) is 8.66. The van der Waals surface area contributed by atoms with Crippen molar-refractivity contribution in [3.8, 4) is 0 Å². The number of carboxylic acids is 1. The molecule has 0 aromatic carbocycles. The van der Waals surface area contributed by atoms with E-state index in [4.69, 9.17) is 5.11 Å². The van der Waals surface area contributed by atoms with E-state index in [9.17, 15) is 4.79 Å². The Kier molecular flexibility index (Phi) is 2.28. The SMILES string of the molecule is C=C(C(C)C(=O)O)n1ccnc1. The molecular formula is C8H10N2O2. The molecule has 1 unspecified atom stereocenters. The smallest absolute Gasteiger partial charge is 0.312 e. The third-order valence-electron chi connectivity index (χ3n) is 1.71. The molecule has 0 radical (unpaired) electrons. The van der Waals surface area contributed by atoms with Gasteiger partial charge >= 0.3 is 5.97 Å². The maximum absolute atomic E-state index is 10.5. The van der Waals surface area contributed by atoms with Gasteiger partial charge in [0, 0.05) is 18.1 Å². The van der Waals surface area contributed by atoms with Crippen LogP contribution in [0.25, 0.3) is 5.70 Å². The van der Waals surface area contributed by atoms with Crippen LogP contribution in [-0.4, -0.2) is 20.6 Å². The van der Waals surface area contributed by atoms with E-state index in [0.717, 1.165) is 0 Å². The zero-order valence-electron chi connectivity index (χ0n) is 6.77. The number of nitrogens with zero attached hydrogens (tertiary/aromatic N) is 2. The van der Waals surface area contributed by atoms with Crippen LogP contribution >= 0.6 is 0 Å². The molecule has 0 bridgehead atoms. The van der Waals surface area contributed by atoms with Gasteiger partial charge in [0.05, 0.1) is 12.2 Å². The van der Waals surface area contributed by atoms with Crippen molar-refractivity contribution in [3.63, 3.8) is 0 Å². The van der Waals surface area contributed by atoms with Crippen LogP contribution in [0, 0.1) is 5.92 Å². The van der Waals surface area contributed by atoms with Gasteiger partial charge in [-0.2, -0.15) is 0 Å². The largest absolute Gasteiger partial charge is 0.481 e. The zero-order valence-corrected chi connectivity index (χ0v) is 6.77. The van der Waals surface area contributed by atoms with Gasteiger partial charge in [-0.3, -0.25) is 4.79 Å². The predicted molar refractivity (Wildman–Crippen MR) is 44.4 cm³/mol. The molecule has 1 aromatic heterocycles. The molecule has 1 N–H and O–H groups in total. The normalized spacial score (nSPS) is 12.4. The first kappa shape index (κ1) is 8.52. The van der Waals surface area contributed by atoms with Crippen LogP contribution in [0.4, 0.5) is 0 Å². The molecular weight excluding hydrogens is 156 g/mol. The molecule has 4 nitrogen and oxygen atoms in total. The lowest BCUT2D eigenvalue weighted by Gasteiger charge is -2.09. The lowest BCUT2D eigenvalue weighted by atomic mass is 10.1. The van der Waals surface area contributed by atoms with Gasteiger partial charge in [-0.1, -0.05) is 6.58 Å². The molecule has 0 saturated carbocycles. The second kappa shape index (κ2) is 3.21. The second-order valence-electron chi connectivity index (χ2n) is 2.52. The van der Waals surface area contributed by atoms with Crippen molar-refractivity contribution in [2.45, 2.75) is 6.92 Å². The van der Waals surface area contributed by atoms with Gasteiger partial charge in [0.1, 0.15) is 0 Å². The van der Waals surface area contributed by atoms with Crippen LogP contribution in [0.3, 0.4) is 0 Å². The Bertz CT molecular complexity index is 290. The van der Waals surface area contributed by atoms with Crippen LogP contribution < -0.4 is 0 Å². The van der Waals surface area contributed by atoms with E-state index >= 15 is 0 Å². The van der Waals surface area contributed by atoms with Crippen molar-refractivity contribution in [2.75, 3.05) is 0 Å². The molecule has 64 valence electrons. The summed E-state index contributed by atoms with van der Waals surface area (Å²) in [5.74, 6) is -1.46. The Morgan fingerprint density at radius 2 is 2.42 bits per heavy atom. The number of imidazole rings is 1. The van der Waals surface area contributed by atoms with Gasteiger partial charge in [-0.05, 0) is 6.92 Å². The number of rotatable bonds is 3. The lowest BCUT2D eigenvalue weighted by Crippen LogP contribution is -2.13. The third-order valence-corrected chi connectivity index (χ3v) is 1.71. The van der Waals surface area contributed by atoms with E-state index in [1.807, 2.05) is 0 Å². The molecule has 0 amide bonds. The van der Waals surface area contributed by atoms with Gasteiger partial charge in [-0.15, -0.1) is 0 Å². The predicted octanol–water partition coefficient (Wildman–Crippen LogP) is 1.07. The Balaban J connectivity index is 2.79. The number of carboxylic acid groups (broad SMARTS) is 1. The summed E-state index contributed by atoms with van der Waals surface area (Å²) in [6, 6.07) is 0. The number of aliphatic carboxylic acids is 1. The summed E-state index contributed by atoms with van der Waals surface area (Å²) in [7, 11) is 0. The minimum Gasteiger partial charge on any atom is -0.481 e. The van der Waals surface area contributed by atoms with Crippen LogP contribution in [-0.2, 0) is 4.79 Å². The van der Waals surface area contributed by atoms with Crippen molar-refractivity contribution in [3.05, 3.63) is 25.3 Å². The average molecular weight is 166 g/mol. The topological polar surface area (TPSA) is 55.1 Å². The number of hydrogen-bond donors (Lipinski definition) is 1. The maximum atomic E-state index is 10.5. The quantitative estimate of drug-likeness (QED) is 0.730. The molecule has 0 aliphatic heterocycles. The van der Waals surface area contributed by atoms with Gasteiger partial charge in [0.2, 0.25) is 0 Å².